The number of aromatic nitrogens is 1. The summed E-state index contributed by atoms with van der Waals surface area (Å²) in [6.45, 7) is 24.6. The van der Waals surface area contributed by atoms with Crippen molar-refractivity contribution in [2.24, 2.45) is 4.99 Å². The van der Waals surface area contributed by atoms with E-state index >= 15 is 0 Å². The smallest absolute Gasteiger partial charge is 0.219 e. The lowest BCUT2D eigenvalue weighted by atomic mass is 9.58. The number of rotatable bonds is 4. The molecule has 0 saturated carbocycles. The molecule has 49 heavy (non-hydrogen) atoms. The van der Waals surface area contributed by atoms with Crippen molar-refractivity contribution in [2.75, 3.05) is 4.90 Å². The van der Waals surface area contributed by atoms with Gasteiger partial charge in [-0.15, -0.1) is 0 Å². The molecule has 0 spiro atoms. The van der Waals surface area contributed by atoms with Crippen LogP contribution in [-0.4, -0.2) is 28.0 Å². The van der Waals surface area contributed by atoms with E-state index in [9.17, 15) is 5.11 Å². The van der Waals surface area contributed by atoms with Crippen LogP contribution < -0.4 is 9.64 Å². The molecule has 2 atom stereocenters. The van der Waals surface area contributed by atoms with E-state index in [0.29, 0.717) is 17.1 Å². The van der Waals surface area contributed by atoms with Crippen LogP contribution in [0.4, 0.5) is 5.69 Å². The standard InChI is InChI=1S/C44H49N3O2/c1-25-18-27(3)38(28(4)19-25)47-40-39(43(8,9)33-14-12-13-15-34(33)44(40,10)11)46-41(47)30-20-26(2)21-32(23-30)49-36-17-16-29-22-31(42(5,6)7)24-35(48)37(29)45-36/h12-24,39-40,48H,1-11H3/t39-,40+/m1/s1. The molecule has 7 rings (SSSR count). The van der Waals surface area contributed by atoms with Crippen molar-refractivity contribution in [1.82, 2.24) is 4.98 Å². The number of ether oxygens (including phenoxy) is 1. The summed E-state index contributed by atoms with van der Waals surface area (Å²) in [6, 6.07) is 27.8. The fraction of sp³-hybridized carbons (Fsp3) is 0.364. The van der Waals surface area contributed by atoms with Crippen molar-refractivity contribution in [3.8, 4) is 17.4 Å². The van der Waals surface area contributed by atoms with E-state index in [-0.39, 0.29) is 34.1 Å². The minimum Gasteiger partial charge on any atom is -0.506 e. The molecule has 252 valence electrons. The monoisotopic (exact) mass is 651 g/mol. The number of aryl methyl sites for hydroxylation is 4. The fourth-order valence-corrected chi connectivity index (χ4v) is 8.49. The molecule has 1 N–H and O–H groups in total. The SMILES string of the molecule is Cc1cc(Oc2ccc3cc(C(C)(C)C)cc(O)c3n2)cc(C2=N[C@@H]3[C@H](N2c2c(C)cc(C)cc2C)C(C)(C)c2ccccc2C3(C)C)c1. The molecule has 5 aromatic rings. The van der Waals surface area contributed by atoms with Crippen molar-refractivity contribution >= 4 is 22.4 Å². The van der Waals surface area contributed by atoms with Gasteiger partial charge < -0.3 is 14.7 Å². The second-order valence-corrected chi connectivity index (χ2v) is 16.6. The molecule has 2 aliphatic rings. The molecule has 0 amide bonds. The van der Waals surface area contributed by atoms with Crippen LogP contribution >= 0.6 is 0 Å². The van der Waals surface area contributed by atoms with E-state index in [0.717, 1.165) is 27.9 Å². The summed E-state index contributed by atoms with van der Waals surface area (Å²) in [7, 11) is 0. The van der Waals surface area contributed by atoms with E-state index in [2.05, 4.69) is 136 Å². The van der Waals surface area contributed by atoms with Gasteiger partial charge in [-0.3, -0.25) is 4.99 Å². The molecule has 1 aromatic heterocycles. The summed E-state index contributed by atoms with van der Waals surface area (Å²) < 4.78 is 6.48. The lowest BCUT2D eigenvalue weighted by Crippen LogP contribution is -2.60. The van der Waals surface area contributed by atoms with Gasteiger partial charge in [0.1, 0.15) is 22.9 Å². The third-order valence-electron chi connectivity index (χ3n) is 10.9. The number of nitrogens with zero attached hydrogens (tertiary/aromatic N) is 3. The van der Waals surface area contributed by atoms with Gasteiger partial charge in [0.15, 0.2) is 0 Å². The third kappa shape index (κ3) is 5.39. The Morgan fingerprint density at radius 3 is 2.04 bits per heavy atom. The Morgan fingerprint density at radius 2 is 1.39 bits per heavy atom. The fourth-order valence-electron chi connectivity index (χ4n) is 8.49. The highest BCUT2D eigenvalue weighted by Gasteiger charge is 2.57. The lowest BCUT2D eigenvalue weighted by molar-refractivity contribution is 0.256. The van der Waals surface area contributed by atoms with Gasteiger partial charge in [-0.1, -0.05) is 90.4 Å². The van der Waals surface area contributed by atoms with Crippen LogP contribution in [0.5, 0.6) is 17.4 Å². The number of phenols is 1. The Morgan fingerprint density at radius 1 is 0.755 bits per heavy atom. The first kappa shape index (κ1) is 32.9. The zero-order valence-corrected chi connectivity index (χ0v) is 30.9. The third-order valence-corrected chi connectivity index (χ3v) is 10.9. The van der Waals surface area contributed by atoms with Gasteiger partial charge in [0.2, 0.25) is 5.88 Å². The van der Waals surface area contributed by atoms with E-state index in [1.165, 1.54) is 33.5 Å². The van der Waals surface area contributed by atoms with Crippen LogP contribution in [0.1, 0.15) is 93.0 Å². The van der Waals surface area contributed by atoms with Crippen LogP contribution in [0.3, 0.4) is 0 Å². The summed E-state index contributed by atoms with van der Waals surface area (Å²) in [5, 5.41) is 11.8. The van der Waals surface area contributed by atoms with Crippen LogP contribution in [0.2, 0.25) is 0 Å². The largest absolute Gasteiger partial charge is 0.506 e. The minimum atomic E-state index is -0.184. The Hall–Kier alpha value is -4.64. The topological polar surface area (TPSA) is 58.0 Å². The van der Waals surface area contributed by atoms with E-state index in [4.69, 9.17) is 14.7 Å². The molecule has 0 bridgehead atoms. The Kier molecular flexibility index (Phi) is 7.51. The Bertz CT molecular complexity index is 2140. The molecule has 0 fully saturated rings. The van der Waals surface area contributed by atoms with E-state index in [1.54, 1.807) is 0 Å². The predicted molar refractivity (Wildman–Crippen MR) is 203 cm³/mol. The molecule has 0 saturated heterocycles. The molecule has 1 aliphatic heterocycles. The summed E-state index contributed by atoms with van der Waals surface area (Å²) in [5.74, 6) is 2.24. The number of hydrogen-bond acceptors (Lipinski definition) is 5. The number of anilines is 1. The van der Waals surface area contributed by atoms with Gasteiger partial charge in [0.25, 0.3) is 0 Å². The first-order valence-corrected chi connectivity index (χ1v) is 17.5. The second-order valence-electron chi connectivity index (χ2n) is 16.6. The number of phenolic OH excluding ortho intramolecular Hbond substituents is 1. The summed E-state index contributed by atoms with van der Waals surface area (Å²) in [6.07, 6.45) is 0. The Balaban J connectivity index is 1.36. The summed E-state index contributed by atoms with van der Waals surface area (Å²) in [5.41, 5.74) is 11.0. The molecule has 1 aliphatic carbocycles. The van der Waals surface area contributed by atoms with Crippen molar-refractivity contribution in [2.45, 2.75) is 104 Å². The maximum Gasteiger partial charge on any atom is 0.219 e. The van der Waals surface area contributed by atoms with E-state index < -0.39 is 0 Å². The zero-order chi connectivity index (χ0) is 35.2. The van der Waals surface area contributed by atoms with E-state index in [1.807, 2.05) is 24.3 Å². The highest BCUT2D eigenvalue weighted by molar-refractivity contribution is 6.13. The maximum atomic E-state index is 10.9. The second kappa shape index (κ2) is 11.2. The van der Waals surface area contributed by atoms with Gasteiger partial charge in [-0.2, -0.15) is 0 Å². The highest BCUT2D eigenvalue weighted by Crippen LogP contribution is 2.53. The van der Waals surface area contributed by atoms with Crippen LogP contribution in [-0.2, 0) is 16.2 Å². The average molecular weight is 652 g/mol. The van der Waals surface area contributed by atoms with Crippen LogP contribution in [0, 0.1) is 27.7 Å². The first-order valence-electron chi connectivity index (χ1n) is 17.5. The molecule has 4 aromatic carbocycles. The van der Waals surface area contributed by atoms with Crippen molar-refractivity contribution in [1.29, 1.82) is 0 Å². The van der Waals surface area contributed by atoms with Crippen LogP contribution in [0.25, 0.3) is 10.9 Å². The summed E-state index contributed by atoms with van der Waals surface area (Å²) >= 11 is 0. The van der Waals surface area contributed by atoms with Gasteiger partial charge in [0, 0.05) is 33.5 Å². The molecule has 5 heteroatoms. The number of aliphatic imine (C=N–C) groups is 1. The normalized spacial score (nSPS) is 19.4. The summed E-state index contributed by atoms with van der Waals surface area (Å²) in [4.78, 5) is 13.0. The van der Waals surface area contributed by atoms with Crippen molar-refractivity contribution in [3.05, 3.63) is 123 Å². The van der Waals surface area contributed by atoms with Gasteiger partial charge in [0.05, 0.1) is 12.1 Å². The maximum absolute atomic E-state index is 10.9. The van der Waals surface area contributed by atoms with Gasteiger partial charge in [-0.25, -0.2) is 4.98 Å². The average Bonchev–Trinajstić information content (AvgIpc) is 3.42. The predicted octanol–water partition coefficient (Wildman–Crippen LogP) is 10.5. The molecule has 0 radical (unpaired) electrons. The number of pyridine rings is 1. The number of aromatic hydroxyl groups is 1. The van der Waals surface area contributed by atoms with Crippen molar-refractivity contribution < 1.29 is 9.84 Å². The first-order chi connectivity index (χ1) is 23.0. The Labute approximate surface area is 291 Å². The lowest BCUT2D eigenvalue weighted by Gasteiger charge is -2.52. The molecule has 2 heterocycles. The molecule has 5 nitrogen and oxygen atoms in total. The van der Waals surface area contributed by atoms with Gasteiger partial charge >= 0.3 is 0 Å². The molecular weight excluding hydrogens is 603 g/mol. The minimum absolute atomic E-state index is 0.0282. The van der Waals surface area contributed by atoms with Crippen LogP contribution in [0.15, 0.2) is 83.9 Å². The van der Waals surface area contributed by atoms with Crippen molar-refractivity contribution in [3.63, 3.8) is 0 Å². The number of fused-ring (bicyclic) bond motifs is 3. The molecular formula is C44H49N3O2. The zero-order valence-electron chi connectivity index (χ0n) is 30.9. The number of amidine groups is 1. The van der Waals surface area contributed by atoms with Gasteiger partial charge in [-0.05, 0) is 103 Å². The quantitative estimate of drug-likeness (QED) is 0.210. The number of hydrogen-bond donors (Lipinski definition) is 1. The highest BCUT2D eigenvalue weighted by atomic mass is 16.5. The molecule has 0 unspecified atom stereocenters. The number of benzene rings is 4.